The van der Waals surface area contributed by atoms with Gasteiger partial charge >= 0.3 is 0 Å². The van der Waals surface area contributed by atoms with Crippen LogP contribution in [0.2, 0.25) is 0 Å². The Labute approximate surface area is 85.7 Å². The minimum absolute atomic E-state index is 0.283. The van der Waals surface area contributed by atoms with Crippen LogP contribution in [-0.2, 0) is 0 Å². The Bertz CT molecular complexity index is 487. The Morgan fingerprint density at radius 1 is 0.933 bits per heavy atom. The highest BCUT2D eigenvalue weighted by molar-refractivity contribution is 5.65. The molecule has 0 amide bonds. The van der Waals surface area contributed by atoms with Crippen LogP contribution in [0.25, 0.3) is 11.1 Å². The lowest BCUT2D eigenvalue weighted by Crippen LogP contribution is -1.92. The van der Waals surface area contributed by atoms with Crippen LogP contribution in [0, 0.1) is 0 Å². The van der Waals surface area contributed by atoms with Gasteiger partial charge in [-0.1, -0.05) is 6.07 Å². The van der Waals surface area contributed by atoms with Crippen molar-refractivity contribution in [3.63, 3.8) is 0 Å². The number of aromatic nitrogens is 3. The molecule has 15 heavy (non-hydrogen) atoms. The first kappa shape index (κ1) is 8.16. The summed E-state index contributed by atoms with van der Waals surface area (Å²) in [5.74, 6) is 1.53. The van der Waals surface area contributed by atoms with E-state index in [1.54, 1.807) is 12.4 Å². The second kappa shape index (κ2) is 3.20. The molecule has 1 aliphatic rings. The van der Waals surface area contributed by atoms with E-state index in [0.29, 0.717) is 0 Å². The molecule has 0 aliphatic carbocycles. The van der Waals surface area contributed by atoms with Crippen LogP contribution < -0.4 is 9.47 Å². The molecule has 5 heteroatoms. The number of hydrogen-bond donors (Lipinski definition) is 0. The van der Waals surface area contributed by atoms with Gasteiger partial charge in [0.2, 0.25) is 6.79 Å². The van der Waals surface area contributed by atoms with Crippen molar-refractivity contribution in [1.82, 2.24) is 15.4 Å². The molecular formula is C10H7N3O2. The minimum atomic E-state index is 0.283. The van der Waals surface area contributed by atoms with Crippen LogP contribution in [0.15, 0.2) is 30.6 Å². The largest absolute Gasteiger partial charge is 0.454 e. The van der Waals surface area contributed by atoms with Crippen molar-refractivity contribution in [2.45, 2.75) is 0 Å². The first-order chi connectivity index (χ1) is 7.43. The fraction of sp³-hybridized carbons (Fsp3) is 0.100. The van der Waals surface area contributed by atoms with E-state index in [-0.39, 0.29) is 6.79 Å². The van der Waals surface area contributed by atoms with E-state index in [4.69, 9.17) is 9.47 Å². The van der Waals surface area contributed by atoms with Gasteiger partial charge in [0.1, 0.15) is 0 Å². The van der Waals surface area contributed by atoms with Gasteiger partial charge in [0.05, 0.1) is 12.4 Å². The summed E-state index contributed by atoms with van der Waals surface area (Å²) in [6.45, 7) is 0.283. The Morgan fingerprint density at radius 2 is 1.73 bits per heavy atom. The molecule has 0 bridgehead atoms. The van der Waals surface area contributed by atoms with Gasteiger partial charge in [-0.15, -0.1) is 10.2 Å². The summed E-state index contributed by atoms with van der Waals surface area (Å²) in [6, 6.07) is 5.71. The van der Waals surface area contributed by atoms with Crippen LogP contribution in [0.5, 0.6) is 11.5 Å². The van der Waals surface area contributed by atoms with Crippen LogP contribution in [0.4, 0.5) is 0 Å². The number of rotatable bonds is 1. The van der Waals surface area contributed by atoms with Gasteiger partial charge in [0.25, 0.3) is 0 Å². The smallest absolute Gasteiger partial charge is 0.231 e. The molecule has 0 spiro atoms. The Hall–Kier alpha value is -2.17. The average molecular weight is 201 g/mol. The molecule has 0 fully saturated rings. The SMILES string of the molecule is c1cc2c(cc1-c1cnnnc1)OCO2. The first-order valence-electron chi connectivity index (χ1n) is 4.47. The Balaban J connectivity index is 2.07. The number of fused-ring (bicyclic) bond motifs is 1. The number of benzene rings is 1. The lowest BCUT2D eigenvalue weighted by molar-refractivity contribution is 0.174. The van der Waals surface area contributed by atoms with E-state index in [0.717, 1.165) is 22.6 Å². The maximum atomic E-state index is 5.28. The number of ether oxygens (including phenoxy) is 2. The molecular weight excluding hydrogens is 194 g/mol. The summed E-state index contributed by atoms with van der Waals surface area (Å²) in [4.78, 5) is 0. The third-order valence-corrected chi connectivity index (χ3v) is 2.20. The molecule has 1 aromatic carbocycles. The summed E-state index contributed by atoms with van der Waals surface area (Å²) in [6.07, 6.45) is 3.31. The van der Waals surface area contributed by atoms with Gasteiger partial charge < -0.3 is 9.47 Å². The van der Waals surface area contributed by atoms with Crippen LogP contribution in [-0.4, -0.2) is 22.2 Å². The van der Waals surface area contributed by atoms with Gasteiger partial charge in [-0.05, 0) is 22.9 Å². The van der Waals surface area contributed by atoms with Crippen LogP contribution >= 0.6 is 0 Å². The number of hydrogen-bond acceptors (Lipinski definition) is 5. The zero-order chi connectivity index (χ0) is 10.1. The van der Waals surface area contributed by atoms with Crippen molar-refractivity contribution in [3.8, 4) is 22.6 Å². The van der Waals surface area contributed by atoms with Crippen molar-refractivity contribution in [1.29, 1.82) is 0 Å². The fourth-order valence-electron chi connectivity index (χ4n) is 1.46. The van der Waals surface area contributed by atoms with E-state index in [1.807, 2.05) is 18.2 Å². The normalized spacial score (nSPS) is 12.8. The zero-order valence-electron chi connectivity index (χ0n) is 7.75. The molecule has 1 aliphatic heterocycles. The molecule has 0 N–H and O–H groups in total. The minimum Gasteiger partial charge on any atom is -0.454 e. The molecule has 2 aromatic rings. The zero-order valence-corrected chi connectivity index (χ0v) is 7.75. The maximum absolute atomic E-state index is 5.28. The molecule has 74 valence electrons. The van der Waals surface area contributed by atoms with Gasteiger partial charge in [0.15, 0.2) is 11.5 Å². The standard InChI is InChI=1S/C10H7N3O2/c1-2-9-10(15-6-14-9)3-7(1)8-4-11-13-12-5-8/h1-5H,6H2. The first-order valence-corrected chi connectivity index (χ1v) is 4.47. The highest BCUT2D eigenvalue weighted by Gasteiger charge is 2.13. The predicted molar refractivity (Wildman–Crippen MR) is 51.4 cm³/mol. The number of nitrogens with zero attached hydrogens (tertiary/aromatic N) is 3. The molecule has 3 rings (SSSR count). The van der Waals surface area contributed by atoms with Crippen LogP contribution in [0.3, 0.4) is 0 Å². The van der Waals surface area contributed by atoms with Gasteiger partial charge in [-0.3, -0.25) is 0 Å². The van der Waals surface area contributed by atoms with E-state index in [9.17, 15) is 0 Å². The molecule has 0 atom stereocenters. The van der Waals surface area contributed by atoms with E-state index in [2.05, 4.69) is 15.4 Å². The molecule has 5 nitrogen and oxygen atoms in total. The molecule has 0 saturated carbocycles. The monoisotopic (exact) mass is 201 g/mol. The average Bonchev–Trinajstić information content (AvgIpc) is 2.77. The summed E-state index contributed by atoms with van der Waals surface area (Å²) >= 11 is 0. The van der Waals surface area contributed by atoms with Crippen LogP contribution in [0.1, 0.15) is 0 Å². The predicted octanol–water partition coefficient (Wildman–Crippen LogP) is 1.27. The highest BCUT2D eigenvalue weighted by Crippen LogP contribution is 2.35. The van der Waals surface area contributed by atoms with Gasteiger partial charge in [-0.2, -0.15) is 0 Å². The third-order valence-electron chi connectivity index (χ3n) is 2.20. The van der Waals surface area contributed by atoms with Crippen molar-refractivity contribution in [2.24, 2.45) is 0 Å². The summed E-state index contributed by atoms with van der Waals surface area (Å²) in [5.41, 5.74) is 1.89. The van der Waals surface area contributed by atoms with Crippen molar-refractivity contribution < 1.29 is 9.47 Å². The Kier molecular flexibility index (Phi) is 1.74. The van der Waals surface area contributed by atoms with Crippen molar-refractivity contribution in [2.75, 3.05) is 6.79 Å². The maximum Gasteiger partial charge on any atom is 0.231 e. The molecule has 0 unspecified atom stereocenters. The summed E-state index contributed by atoms with van der Waals surface area (Å²) < 4.78 is 10.5. The Morgan fingerprint density at radius 3 is 2.60 bits per heavy atom. The topological polar surface area (TPSA) is 57.1 Å². The molecule has 1 aromatic heterocycles. The van der Waals surface area contributed by atoms with Crippen molar-refractivity contribution in [3.05, 3.63) is 30.6 Å². The van der Waals surface area contributed by atoms with E-state index < -0.39 is 0 Å². The lowest BCUT2D eigenvalue weighted by atomic mass is 10.1. The summed E-state index contributed by atoms with van der Waals surface area (Å²) in [7, 11) is 0. The lowest BCUT2D eigenvalue weighted by Gasteiger charge is -2.00. The second-order valence-corrected chi connectivity index (χ2v) is 3.10. The van der Waals surface area contributed by atoms with Gasteiger partial charge in [0, 0.05) is 5.56 Å². The molecule has 0 radical (unpaired) electrons. The van der Waals surface area contributed by atoms with E-state index >= 15 is 0 Å². The van der Waals surface area contributed by atoms with Gasteiger partial charge in [-0.25, -0.2) is 0 Å². The quantitative estimate of drug-likeness (QED) is 0.695. The second-order valence-electron chi connectivity index (χ2n) is 3.10. The third kappa shape index (κ3) is 1.38. The van der Waals surface area contributed by atoms with Crippen molar-refractivity contribution >= 4 is 0 Å². The fourth-order valence-corrected chi connectivity index (χ4v) is 1.46. The molecule has 0 saturated heterocycles. The highest BCUT2D eigenvalue weighted by atomic mass is 16.7. The summed E-state index contributed by atoms with van der Waals surface area (Å²) in [5, 5.41) is 10.9. The van der Waals surface area contributed by atoms with E-state index in [1.165, 1.54) is 0 Å². The molecule has 2 heterocycles.